The molecule has 31 heavy (non-hydrogen) atoms. The number of hydrogen-bond donors (Lipinski definition) is 1. The van der Waals surface area contributed by atoms with E-state index in [2.05, 4.69) is 20.9 Å². The third-order valence-electron chi connectivity index (χ3n) is 5.77. The van der Waals surface area contributed by atoms with Gasteiger partial charge in [0.15, 0.2) is 0 Å². The van der Waals surface area contributed by atoms with Crippen LogP contribution in [0, 0.1) is 13.8 Å². The van der Waals surface area contributed by atoms with Crippen molar-refractivity contribution < 1.29 is 13.2 Å². The average Bonchev–Trinajstić information content (AvgIpc) is 3.23. The van der Waals surface area contributed by atoms with Crippen molar-refractivity contribution in [3.8, 4) is 0 Å². The lowest BCUT2D eigenvalue weighted by atomic mass is 10.0. The van der Waals surface area contributed by atoms with Gasteiger partial charge < -0.3 is 9.72 Å². The predicted molar refractivity (Wildman–Crippen MR) is 125 cm³/mol. The summed E-state index contributed by atoms with van der Waals surface area (Å²) >= 11 is 3.36. The molecule has 1 aliphatic rings. The second-order valence-electron chi connectivity index (χ2n) is 8.01. The molecule has 0 spiro atoms. The zero-order valence-electron chi connectivity index (χ0n) is 17.5. The number of aryl methyl sites for hydroxylation is 2. The minimum atomic E-state index is -3.85. The van der Waals surface area contributed by atoms with E-state index in [0.29, 0.717) is 16.6 Å². The number of H-pyrrole nitrogens is 1. The first-order valence-electron chi connectivity index (χ1n) is 10.2. The number of aromatic amines is 1. The van der Waals surface area contributed by atoms with Crippen LogP contribution in [0.1, 0.15) is 29.5 Å². The summed E-state index contributed by atoms with van der Waals surface area (Å²) < 4.78 is 34.7. The van der Waals surface area contributed by atoms with E-state index in [1.807, 2.05) is 26.0 Å². The largest absolute Gasteiger partial charge is 0.377 e. The van der Waals surface area contributed by atoms with Crippen molar-refractivity contribution in [1.82, 2.24) is 9.29 Å². The number of halogens is 1. The maximum atomic E-state index is 13.5. The van der Waals surface area contributed by atoms with Gasteiger partial charge in [-0.3, -0.25) is 4.79 Å². The van der Waals surface area contributed by atoms with Gasteiger partial charge in [-0.15, -0.1) is 0 Å². The van der Waals surface area contributed by atoms with Crippen molar-refractivity contribution in [1.29, 1.82) is 0 Å². The Morgan fingerprint density at radius 2 is 1.90 bits per heavy atom. The summed E-state index contributed by atoms with van der Waals surface area (Å²) in [6.07, 6.45) is 1.53. The molecule has 2 aromatic carbocycles. The Labute approximate surface area is 190 Å². The van der Waals surface area contributed by atoms with Crippen molar-refractivity contribution in [3.63, 3.8) is 0 Å². The molecular weight excluding hydrogens is 480 g/mol. The molecular formula is C23H25BrN2O4S. The maximum Gasteiger partial charge on any atom is 0.252 e. The van der Waals surface area contributed by atoms with Crippen LogP contribution in [0.25, 0.3) is 10.9 Å². The smallest absolute Gasteiger partial charge is 0.252 e. The summed E-state index contributed by atoms with van der Waals surface area (Å²) in [5.41, 5.74) is 3.07. The third-order valence-corrected chi connectivity index (χ3v) is 8.59. The van der Waals surface area contributed by atoms with E-state index < -0.39 is 10.0 Å². The Kier molecular flexibility index (Phi) is 6.35. The summed E-state index contributed by atoms with van der Waals surface area (Å²) in [6, 6.07) is 12.5. The van der Waals surface area contributed by atoms with Gasteiger partial charge in [0.1, 0.15) is 0 Å². The molecule has 0 radical (unpaired) electrons. The van der Waals surface area contributed by atoms with Crippen molar-refractivity contribution in [2.24, 2.45) is 0 Å². The molecule has 0 saturated carbocycles. The number of fused-ring (bicyclic) bond motifs is 1. The Bertz CT molecular complexity index is 1280. The maximum absolute atomic E-state index is 13.5. The highest BCUT2D eigenvalue weighted by molar-refractivity contribution is 9.10. The minimum Gasteiger partial charge on any atom is -0.377 e. The molecule has 6 nitrogen and oxygen atoms in total. The summed E-state index contributed by atoms with van der Waals surface area (Å²) in [4.78, 5) is 15.9. The van der Waals surface area contributed by atoms with Gasteiger partial charge in [-0.05, 0) is 89.5 Å². The fourth-order valence-corrected chi connectivity index (χ4v) is 6.30. The second kappa shape index (κ2) is 8.86. The zero-order valence-corrected chi connectivity index (χ0v) is 19.9. The molecule has 2 heterocycles. The van der Waals surface area contributed by atoms with E-state index in [9.17, 15) is 13.2 Å². The molecule has 1 saturated heterocycles. The molecule has 164 valence electrons. The van der Waals surface area contributed by atoms with Gasteiger partial charge in [0.25, 0.3) is 5.56 Å². The number of hydrogen-bond acceptors (Lipinski definition) is 4. The van der Waals surface area contributed by atoms with Crippen LogP contribution in [0.15, 0.2) is 56.6 Å². The van der Waals surface area contributed by atoms with E-state index in [1.165, 1.54) is 4.31 Å². The van der Waals surface area contributed by atoms with E-state index in [0.717, 1.165) is 34.9 Å². The number of aromatic nitrogens is 1. The molecule has 4 rings (SSSR count). The highest BCUT2D eigenvalue weighted by Gasteiger charge is 2.31. The van der Waals surface area contributed by atoms with Crippen molar-refractivity contribution in [3.05, 3.63) is 74.0 Å². The van der Waals surface area contributed by atoms with Gasteiger partial charge >= 0.3 is 0 Å². The number of benzene rings is 2. The van der Waals surface area contributed by atoms with Gasteiger partial charge in [-0.1, -0.05) is 12.1 Å². The normalized spacial score (nSPS) is 17.0. The van der Waals surface area contributed by atoms with Gasteiger partial charge in [-0.2, -0.15) is 4.31 Å². The molecule has 1 N–H and O–H groups in total. The van der Waals surface area contributed by atoms with Crippen LogP contribution in [0.3, 0.4) is 0 Å². The first-order chi connectivity index (χ1) is 14.8. The number of pyridine rings is 1. The van der Waals surface area contributed by atoms with Crippen molar-refractivity contribution in [2.45, 2.75) is 44.2 Å². The molecule has 0 amide bonds. The summed E-state index contributed by atoms with van der Waals surface area (Å²) in [7, 11) is -3.85. The minimum absolute atomic E-state index is 0.0261. The summed E-state index contributed by atoms with van der Waals surface area (Å²) in [5, 5.41) is 0.882. The second-order valence-corrected chi connectivity index (χ2v) is 10.8. The van der Waals surface area contributed by atoms with Gasteiger partial charge in [0.05, 0.1) is 11.0 Å². The molecule has 1 aliphatic heterocycles. The summed E-state index contributed by atoms with van der Waals surface area (Å²) in [5.74, 6) is 0. The molecule has 0 unspecified atom stereocenters. The highest BCUT2D eigenvalue weighted by atomic mass is 79.9. The number of ether oxygens (including phenoxy) is 1. The van der Waals surface area contributed by atoms with Crippen LogP contribution in [0.4, 0.5) is 0 Å². The lowest BCUT2D eigenvalue weighted by Crippen LogP contribution is -2.38. The Morgan fingerprint density at radius 1 is 1.16 bits per heavy atom. The standard InChI is InChI=1S/C23H25BrN2O4S/c1-15-10-17-12-18(23(27)25-21(17)11-16(15)2)13-26(14-19-6-5-9-30-19)31(28,29)22-8-4-3-7-20(22)24/h3-4,7-8,10-12,19H,5-6,9,13-14H2,1-2H3,(H,25,27)/t19-/m0/s1. The first kappa shape index (κ1) is 22.2. The number of sulfonamides is 1. The Hall–Kier alpha value is -2.00. The first-order valence-corrected chi connectivity index (χ1v) is 12.5. The topological polar surface area (TPSA) is 79.5 Å². The molecule has 0 aliphatic carbocycles. The molecule has 1 aromatic heterocycles. The van der Waals surface area contributed by atoms with Gasteiger partial charge in [-0.25, -0.2) is 8.42 Å². The lowest BCUT2D eigenvalue weighted by Gasteiger charge is -2.25. The Balaban J connectivity index is 1.76. The van der Waals surface area contributed by atoms with E-state index in [-0.39, 0.29) is 29.6 Å². The number of rotatable bonds is 6. The van der Waals surface area contributed by atoms with E-state index in [1.54, 1.807) is 30.3 Å². The third kappa shape index (κ3) is 4.62. The fourth-order valence-electron chi connectivity index (χ4n) is 3.89. The number of nitrogens with one attached hydrogen (secondary N) is 1. The molecule has 8 heteroatoms. The van der Waals surface area contributed by atoms with E-state index >= 15 is 0 Å². The monoisotopic (exact) mass is 504 g/mol. The Morgan fingerprint density at radius 3 is 2.61 bits per heavy atom. The molecule has 1 atom stereocenters. The van der Waals surface area contributed by atoms with Crippen LogP contribution >= 0.6 is 15.9 Å². The van der Waals surface area contributed by atoms with Crippen LogP contribution < -0.4 is 5.56 Å². The lowest BCUT2D eigenvalue weighted by molar-refractivity contribution is 0.0925. The highest BCUT2D eigenvalue weighted by Crippen LogP contribution is 2.27. The van der Waals surface area contributed by atoms with Crippen LogP contribution in [0.2, 0.25) is 0 Å². The van der Waals surface area contributed by atoms with Crippen LogP contribution in [0.5, 0.6) is 0 Å². The summed E-state index contributed by atoms with van der Waals surface area (Å²) in [6.45, 7) is 4.81. The van der Waals surface area contributed by atoms with Crippen molar-refractivity contribution in [2.75, 3.05) is 13.2 Å². The fraction of sp³-hybridized carbons (Fsp3) is 0.348. The van der Waals surface area contributed by atoms with Crippen LogP contribution in [-0.2, 0) is 21.3 Å². The SMILES string of the molecule is Cc1cc2cc(CN(C[C@@H]3CCCO3)S(=O)(=O)c3ccccc3Br)c(=O)[nH]c2cc1C. The van der Waals surface area contributed by atoms with Gasteiger partial charge in [0.2, 0.25) is 10.0 Å². The molecule has 0 bridgehead atoms. The zero-order chi connectivity index (χ0) is 22.2. The predicted octanol–water partition coefficient (Wildman–Crippen LogP) is 4.28. The van der Waals surface area contributed by atoms with Gasteiger partial charge in [0, 0.05) is 35.2 Å². The quantitative estimate of drug-likeness (QED) is 0.543. The molecule has 1 fully saturated rings. The molecule has 3 aromatic rings. The number of nitrogens with zero attached hydrogens (tertiary/aromatic N) is 1. The average molecular weight is 505 g/mol. The van der Waals surface area contributed by atoms with Crippen molar-refractivity contribution >= 4 is 36.9 Å². The van der Waals surface area contributed by atoms with Crippen LogP contribution in [-0.4, -0.2) is 37.0 Å². The van der Waals surface area contributed by atoms with E-state index in [4.69, 9.17) is 4.74 Å².